The molecule has 0 radical (unpaired) electrons. The van der Waals surface area contributed by atoms with Crippen LogP contribution < -0.4 is 10.2 Å². The molecule has 112 valence electrons. The molecule has 4 nitrogen and oxygen atoms in total. The van der Waals surface area contributed by atoms with Crippen molar-refractivity contribution in [1.29, 1.82) is 0 Å². The highest BCUT2D eigenvalue weighted by molar-refractivity contribution is 6.42. The summed E-state index contributed by atoms with van der Waals surface area (Å²) in [5.41, 5.74) is 1.23. The molecule has 0 spiro atoms. The second-order valence-electron chi connectivity index (χ2n) is 4.93. The number of anilines is 2. The van der Waals surface area contributed by atoms with Crippen molar-refractivity contribution in [2.24, 2.45) is 0 Å². The highest BCUT2D eigenvalue weighted by atomic mass is 35.5. The molecule has 0 aliphatic carbocycles. The number of benzene rings is 2. The van der Waals surface area contributed by atoms with E-state index in [1.165, 1.54) is 4.90 Å². The van der Waals surface area contributed by atoms with Crippen molar-refractivity contribution in [1.82, 2.24) is 0 Å². The van der Waals surface area contributed by atoms with Gasteiger partial charge in [-0.1, -0.05) is 41.4 Å². The van der Waals surface area contributed by atoms with E-state index in [4.69, 9.17) is 23.2 Å². The lowest BCUT2D eigenvalue weighted by atomic mass is 10.2. The van der Waals surface area contributed by atoms with E-state index in [9.17, 15) is 9.59 Å². The summed E-state index contributed by atoms with van der Waals surface area (Å²) in [4.78, 5) is 25.8. The number of amides is 2. The van der Waals surface area contributed by atoms with Gasteiger partial charge in [0.1, 0.15) is 6.04 Å². The number of imide groups is 1. The van der Waals surface area contributed by atoms with E-state index >= 15 is 0 Å². The van der Waals surface area contributed by atoms with Gasteiger partial charge in [-0.25, -0.2) is 4.90 Å². The van der Waals surface area contributed by atoms with Crippen LogP contribution in [0, 0.1) is 0 Å². The molecule has 0 saturated carbocycles. The summed E-state index contributed by atoms with van der Waals surface area (Å²) in [6, 6.07) is 13.3. The minimum Gasteiger partial charge on any atom is -0.373 e. The van der Waals surface area contributed by atoms with Crippen molar-refractivity contribution in [3.63, 3.8) is 0 Å². The van der Waals surface area contributed by atoms with Gasteiger partial charge in [-0.15, -0.1) is 0 Å². The Morgan fingerprint density at radius 2 is 1.73 bits per heavy atom. The average molecular weight is 335 g/mol. The van der Waals surface area contributed by atoms with Gasteiger partial charge in [0.2, 0.25) is 5.91 Å². The molecule has 0 aromatic heterocycles. The van der Waals surface area contributed by atoms with Gasteiger partial charge in [-0.2, -0.15) is 0 Å². The van der Waals surface area contributed by atoms with E-state index in [1.807, 2.05) is 6.07 Å². The molecule has 2 aromatic rings. The van der Waals surface area contributed by atoms with Gasteiger partial charge in [-0.05, 0) is 30.3 Å². The van der Waals surface area contributed by atoms with Crippen LogP contribution in [0.25, 0.3) is 0 Å². The number of rotatable bonds is 3. The number of carbonyl (C=O) groups is 2. The highest BCUT2D eigenvalue weighted by Gasteiger charge is 2.39. The van der Waals surface area contributed by atoms with Crippen LogP contribution in [-0.4, -0.2) is 17.9 Å². The number of nitrogens with zero attached hydrogens (tertiary/aromatic N) is 1. The first-order chi connectivity index (χ1) is 10.6. The fourth-order valence-electron chi connectivity index (χ4n) is 2.38. The lowest BCUT2D eigenvalue weighted by Gasteiger charge is -2.16. The Labute approximate surface area is 137 Å². The largest absolute Gasteiger partial charge is 0.373 e. The standard InChI is InChI=1S/C16H12Cl2N2O2/c17-12-7-6-10(8-13(12)18)19-14-9-15(21)20(16(14)22)11-4-2-1-3-5-11/h1-8,14,19H,9H2/t14-/m1/s1. The lowest BCUT2D eigenvalue weighted by Crippen LogP contribution is -2.34. The van der Waals surface area contributed by atoms with Crippen LogP contribution in [0.15, 0.2) is 48.5 Å². The third-order valence-electron chi connectivity index (χ3n) is 3.42. The Balaban J connectivity index is 1.80. The molecule has 0 bridgehead atoms. The maximum Gasteiger partial charge on any atom is 0.256 e. The molecule has 6 heteroatoms. The second-order valence-corrected chi connectivity index (χ2v) is 5.75. The normalized spacial score (nSPS) is 17.9. The number of halogens is 2. The molecular formula is C16H12Cl2N2O2. The molecule has 2 amide bonds. The Morgan fingerprint density at radius 1 is 1.00 bits per heavy atom. The molecule has 1 N–H and O–H groups in total. The number of para-hydroxylation sites is 1. The molecule has 1 saturated heterocycles. The number of hydrogen-bond donors (Lipinski definition) is 1. The third-order valence-corrected chi connectivity index (χ3v) is 4.16. The SMILES string of the molecule is O=C1C[C@@H](Nc2ccc(Cl)c(Cl)c2)C(=O)N1c1ccccc1. The van der Waals surface area contributed by atoms with Gasteiger partial charge < -0.3 is 5.32 Å². The van der Waals surface area contributed by atoms with E-state index in [0.717, 1.165) is 0 Å². The zero-order valence-electron chi connectivity index (χ0n) is 11.4. The predicted molar refractivity (Wildman–Crippen MR) is 87.4 cm³/mol. The van der Waals surface area contributed by atoms with Crippen LogP contribution in [0.3, 0.4) is 0 Å². The van der Waals surface area contributed by atoms with Crippen molar-refractivity contribution in [3.8, 4) is 0 Å². The summed E-state index contributed by atoms with van der Waals surface area (Å²) in [5, 5.41) is 3.86. The zero-order valence-corrected chi connectivity index (χ0v) is 12.9. The van der Waals surface area contributed by atoms with E-state index in [0.29, 0.717) is 21.4 Å². The Bertz CT molecular complexity index is 734. The van der Waals surface area contributed by atoms with Crippen LogP contribution in [-0.2, 0) is 9.59 Å². The van der Waals surface area contributed by atoms with Gasteiger partial charge in [-0.3, -0.25) is 9.59 Å². The van der Waals surface area contributed by atoms with Gasteiger partial charge in [0.15, 0.2) is 0 Å². The second kappa shape index (κ2) is 5.99. The Kier molecular flexibility index (Phi) is 4.05. The summed E-state index contributed by atoms with van der Waals surface area (Å²) >= 11 is 11.8. The number of nitrogens with one attached hydrogen (secondary N) is 1. The van der Waals surface area contributed by atoms with Crippen LogP contribution in [0.5, 0.6) is 0 Å². The summed E-state index contributed by atoms with van der Waals surface area (Å²) in [7, 11) is 0. The molecule has 2 aromatic carbocycles. The molecule has 1 aliphatic heterocycles. The smallest absolute Gasteiger partial charge is 0.256 e. The number of hydrogen-bond acceptors (Lipinski definition) is 3. The molecule has 1 aliphatic rings. The minimum absolute atomic E-state index is 0.105. The monoisotopic (exact) mass is 334 g/mol. The van der Waals surface area contributed by atoms with Crippen molar-refractivity contribution >= 4 is 46.4 Å². The minimum atomic E-state index is -0.607. The molecule has 3 rings (SSSR count). The first-order valence-electron chi connectivity index (χ1n) is 6.69. The summed E-state index contributed by atoms with van der Waals surface area (Å²) in [6.45, 7) is 0. The van der Waals surface area contributed by atoms with Crippen molar-refractivity contribution in [2.45, 2.75) is 12.5 Å². The molecule has 0 unspecified atom stereocenters. The average Bonchev–Trinajstić information content (AvgIpc) is 2.78. The van der Waals surface area contributed by atoms with Crippen LogP contribution >= 0.6 is 23.2 Å². The fourth-order valence-corrected chi connectivity index (χ4v) is 2.68. The van der Waals surface area contributed by atoms with E-state index in [1.54, 1.807) is 42.5 Å². The fraction of sp³-hybridized carbons (Fsp3) is 0.125. The zero-order chi connectivity index (χ0) is 15.7. The highest BCUT2D eigenvalue weighted by Crippen LogP contribution is 2.28. The molecule has 1 heterocycles. The van der Waals surface area contributed by atoms with Gasteiger partial charge in [0.25, 0.3) is 5.91 Å². The third kappa shape index (κ3) is 2.80. The first-order valence-corrected chi connectivity index (χ1v) is 7.45. The van der Waals surface area contributed by atoms with E-state index in [2.05, 4.69) is 5.32 Å². The van der Waals surface area contributed by atoms with E-state index < -0.39 is 6.04 Å². The first kappa shape index (κ1) is 14.9. The quantitative estimate of drug-likeness (QED) is 0.870. The topological polar surface area (TPSA) is 49.4 Å². The van der Waals surface area contributed by atoms with E-state index in [-0.39, 0.29) is 18.2 Å². The predicted octanol–water partition coefficient (Wildman–Crippen LogP) is 3.74. The van der Waals surface area contributed by atoms with Gasteiger partial charge in [0, 0.05) is 5.69 Å². The maximum absolute atomic E-state index is 12.5. The van der Waals surface area contributed by atoms with Crippen LogP contribution in [0.2, 0.25) is 10.0 Å². The van der Waals surface area contributed by atoms with Crippen molar-refractivity contribution in [2.75, 3.05) is 10.2 Å². The molecule has 22 heavy (non-hydrogen) atoms. The van der Waals surface area contributed by atoms with Crippen molar-refractivity contribution in [3.05, 3.63) is 58.6 Å². The summed E-state index contributed by atoms with van der Waals surface area (Å²) < 4.78 is 0. The van der Waals surface area contributed by atoms with Crippen molar-refractivity contribution < 1.29 is 9.59 Å². The molecule has 1 atom stereocenters. The van der Waals surface area contributed by atoms with Gasteiger partial charge in [0.05, 0.1) is 22.2 Å². The maximum atomic E-state index is 12.5. The lowest BCUT2D eigenvalue weighted by molar-refractivity contribution is -0.121. The van der Waals surface area contributed by atoms with Gasteiger partial charge >= 0.3 is 0 Å². The summed E-state index contributed by atoms with van der Waals surface area (Å²) in [6.07, 6.45) is 0.105. The Hall–Kier alpha value is -2.04. The van der Waals surface area contributed by atoms with Crippen LogP contribution in [0.4, 0.5) is 11.4 Å². The Morgan fingerprint density at radius 3 is 2.41 bits per heavy atom. The van der Waals surface area contributed by atoms with Crippen LogP contribution in [0.1, 0.15) is 6.42 Å². The molecular weight excluding hydrogens is 323 g/mol. The summed E-state index contributed by atoms with van der Waals surface area (Å²) in [5.74, 6) is -0.504. The number of carbonyl (C=O) groups excluding carboxylic acids is 2. The molecule has 1 fully saturated rings.